The molecule has 0 aromatic rings. The summed E-state index contributed by atoms with van der Waals surface area (Å²) in [6.07, 6.45) is 1.94. The Balaban J connectivity index is 1.89. The zero-order chi connectivity index (χ0) is 19.1. The summed E-state index contributed by atoms with van der Waals surface area (Å²) >= 11 is 0. The molecule has 2 heterocycles. The third-order valence-electron chi connectivity index (χ3n) is 7.39. The summed E-state index contributed by atoms with van der Waals surface area (Å²) in [5, 5.41) is 33.3. The van der Waals surface area contributed by atoms with E-state index in [2.05, 4.69) is 0 Å². The van der Waals surface area contributed by atoms with Crippen molar-refractivity contribution in [1.82, 2.24) is 0 Å². The molecule has 2 saturated heterocycles. The molecule has 1 spiro atoms. The largest absolute Gasteiger partial charge is 0.453 e. The highest BCUT2D eigenvalue weighted by atomic mass is 16.7. The molecule has 26 heavy (non-hydrogen) atoms. The first-order valence-electron chi connectivity index (χ1n) is 9.38. The monoisotopic (exact) mass is 364 g/mol. The number of aliphatic hydroxyl groups excluding tert-OH is 3. The summed E-state index contributed by atoms with van der Waals surface area (Å²) in [4.78, 5) is 12.4. The zero-order valence-electron chi connectivity index (χ0n) is 15.7. The van der Waals surface area contributed by atoms with E-state index in [1.54, 1.807) is 6.92 Å². The average Bonchev–Trinajstić information content (AvgIpc) is 3.17. The number of aliphatic hydroxyl groups is 3. The van der Waals surface area contributed by atoms with Crippen molar-refractivity contribution in [2.75, 3.05) is 0 Å². The Hall–Kier alpha value is -1.21. The van der Waals surface area contributed by atoms with Crippen LogP contribution in [0.5, 0.6) is 0 Å². The summed E-state index contributed by atoms with van der Waals surface area (Å²) in [5.74, 6) is -1.00. The Morgan fingerprint density at radius 3 is 2.50 bits per heavy atom. The van der Waals surface area contributed by atoms with Gasteiger partial charge in [-0.2, -0.15) is 0 Å². The van der Waals surface area contributed by atoms with Gasteiger partial charge in [0.05, 0.1) is 18.3 Å². The SMILES string of the molecule is CC1=CC[C@H](O)[C@@]2(C)[C@H]1[C@H](O)[C@]13O[C@@]1(C)C(=O)O[C@H]3/C=C(/C)CC[C@@H]2O. The number of epoxide rings is 1. The van der Waals surface area contributed by atoms with Crippen LogP contribution in [0.25, 0.3) is 0 Å². The van der Waals surface area contributed by atoms with Gasteiger partial charge in [-0.25, -0.2) is 4.79 Å². The minimum absolute atomic E-state index is 0.432. The Morgan fingerprint density at radius 2 is 1.85 bits per heavy atom. The predicted octanol–water partition coefficient (Wildman–Crippen LogP) is 1.23. The van der Waals surface area contributed by atoms with Crippen molar-refractivity contribution in [3.8, 4) is 0 Å². The van der Waals surface area contributed by atoms with Gasteiger partial charge in [0.25, 0.3) is 0 Å². The average molecular weight is 364 g/mol. The van der Waals surface area contributed by atoms with Crippen LogP contribution in [0, 0.1) is 11.3 Å². The van der Waals surface area contributed by atoms with Crippen LogP contribution in [-0.4, -0.2) is 56.9 Å². The highest BCUT2D eigenvalue weighted by Gasteiger charge is 2.85. The van der Waals surface area contributed by atoms with Crippen molar-refractivity contribution < 1.29 is 29.6 Å². The first kappa shape index (κ1) is 18.2. The van der Waals surface area contributed by atoms with Gasteiger partial charge >= 0.3 is 5.97 Å². The van der Waals surface area contributed by atoms with Crippen molar-refractivity contribution in [3.05, 3.63) is 23.3 Å². The topological polar surface area (TPSA) is 99.5 Å². The molecule has 0 bridgehead atoms. The van der Waals surface area contributed by atoms with E-state index in [0.717, 1.165) is 11.1 Å². The third kappa shape index (κ3) is 1.99. The van der Waals surface area contributed by atoms with Crippen LogP contribution in [0.1, 0.15) is 47.0 Å². The van der Waals surface area contributed by atoms with Crippen LogP contribution in [0.4, 0.5) is 0 Å². The summed E-state index contributed by atoms with van der Waals surface area (Å²) < 4.78 is 11.4. The van der Waals surface area contributed by atoms with Crippen LogP contribution < -0.4 is 0 Å². The van der Waals surface area contributed by atoms with Crippen molar-refractivity contribution in [3.63, 3.8) is 0 Å². The molecule has 2 fully saturated rings. The van der Waals surface area contributed by atoms with Crippen LogP contribution in [-0.2, 0) is 14.3 Å². The van der Waals surface area contributed by atoms with Gasteiger partial charge in [0.15, 0.2) is 17.3 Å². The van der Waals surface area contributed by atoms with Crippen LogP contribution >= 0.6 is 0 Å². The number of carbonyl (C=O) groups excluding carboxylic acids is 1. The Labute approximate surface area is 153 Å². The maximum atomic E-state index is 12.4. The van der Waals surface area contributed by atoms with E-state index in [9.17, 15) is 20.1 Å². The standard InChI is InChI=1S/C20H28O6/c1-10-5-7-12(21)18(3)13(22)8-6-11(2)15(18)16(23)20-14(9-10)25-17(24)19(20,4)26-20/h6,9,12-16,21-23H,5,7-8H2,1-4H3/b10-9-/t12-,13-,14-,15+,16-,18-,19-,20-/m0/s1. The van der Waals surface area contributed by atoms with Gasteiger partial charge in [0.1, 0.15) is 0 Å². The molecule has 2 aliphatic heterocycles. The van der Waals surface area contributed by atoms with Gasteiger partial charge in [0.2, 0.25) is 0 Å². The predicted molar refractivity (Wildman–Crippen MR) is 93.1 cm³/mol. The number of fused-ring (bicyclic) bond motifs is 1. The number of hydrogen-bond donors (Lipinski definition) is 3. The van der Waals surface area contributed by atoms with Gasteiger partial charge in [-0.05, 0) is 46.1 Å². The van der Waals surface area contributed by atoms with Crippen molar-refractivity contribution >= 4 is 5.97 Å². The normalized spacial score (nSPS) is 55.5. The molecule has 0 unspecified atom stereocenters. The fraction of sp³-hybridized carbons (Fsp3) is 0.750. The van der Waals surface area contributed by atoms with Crippen LogP contribution in [0.3, 0.4) is 0 Å². The van der Waals surface area contributed by atoms with E-state index in [1.165, 1.54) is 0 Å². The molecular formula is C20H28O6. The summed E-state index contributed by atoms with van der Waals surface area (Å²) in [6.45, 7) is 7.30. The molecular weight excluding hydrogens is 336 g/mol. The smallest absolute Gasteiger partial charge is 0.342 e. The molecule has 0 aromatic carbocycles. The molecule has 8 atom stereocenters. The fourth-order valence-electron chi connectivity index (χ4n) is 5.49. The molecule has 0 amide bonds. The van der Waals surface area contributed by atoms with Gasteiger partial charge in [-0.15, -0.1) is 0 Å². The Morgan fingerprint density at radius 1 is 1.15 bits per heavy atom. The highest BCUT2D eigenvalue weighted by molar-refractivity contribution is 5.88. The van der Waals surface area contributed by atoms with Crippen molar-refractivity contribution in [1.29, 1.82) is 0 Å². The quantitative estimate of drug-likeness (QED) is 0.340. The highest BCUT2D eigenvalue weighted by Crippen LogP contribution is 2.63. The molecule has 0 radical (unpaired) electrons. The van der Waals surface area contributed by atoms with E-state index in [1.807, 2.05) is 32.9 Å². The number of hydrogen-bond acceptors (Lipinski definition) is 6. The van der Waals surface area contributed by atoms with Crippen molar-refractivity contribution in [2.45, 2.75) is 82.6 Å². The lowest BCUT2D eigenvalue weighted by molar-refractivity contribution is -0.159. The molecule has 2 aliphatic carbocycles. The van der Waals surface area contributed by atoms with Crippen molar-refractivity contribution in [2.24, 2.45) is 11.3 Å². The molecule has 3 N–H and O–H groups in total. The molecule has 4 rings (SSSR count). The van der Waals surface area contributed by atoms with Gasteiger partial charge in [-0.3, -0.25) is 0 Å². The first-order chi connectivity index (χ1) is 12.1. The lowest BCUT2D eigenvalue weighted by Crippen LogP contribution is -2.59. The van der Waals surface area contributed by atoms with Gasteiger partial charge in [-0.1, -0.05) is 24.1 Å². The molecule has 4 aliphatic rings. The van der Waals surface area contributed by atoms with Crippen LogP contribution in [0.15, 0.2) is 23.3 Å². The van der Waals surface area contributed by atoms with Gasteiger partial charge in [0, 0.05) is 11.3 Å². The minimum atomic E-state index is -1.19. The number of ether oxygens (including phenoxy) is 2. The lowest BCUT2D eigenvalue weighted by atomic mass is 9.57. The van der Waals surface area contributed by atoms with E-state index in [-0.39, 0.29) is 0 Å². The molecule has 6 heteroatoms. The summed E-state index contributed by atoms with van der Waals surface area (Å²) in [5.41, 5.74) is -1.45. The summed E-state index contributed by atoms with van der Waals surface area (Å²) in [6, 6.07) is 0. The Bertz CT molecular complexity index is 713. The second-order valence-corrected chi connectivity index (χ2v) is 8.81. The number of esters is 1. The van der Waals surface area contributed by atoms with Gasteiger partial charge < -0.3 is 24.8 Å². The second kappa shape index (κ2) is 5.41. The van der Waals surface area contributed by atoms with E-state index in [0.29, 0.717) is 19.3 Å². The lowest BCUT2D eigenvalue weighted by Gasteiger charge is -2.50. The maximum absolute atomic E-state index is 12.4. The van der Waals surface area contributed by atoms with E-state index in [4.69, 9.17) is 9.47 Å². The fourth-order valence-corrected chi connectivity index (χ4v) is 5.49. The van der Waals surface area contributed by atoms with Crippen LogP contribution in [0.2, 0.25) is 0 Å². The number of allylic oxidation sites excluding steroid dienone is 1. The first-order valence-corrected chi connectivity index (χ1v) is 9.38. The maximum Gasteiger partial charge on any atom is 0.342 e. The summed E-state index contributed by atoms with van der Waals surface area (Å²) in [7, 11) is 0. The Kier molecular flexibility index (Phi) is 3.78. The molecule has 144 valence electrons. The molecule has 0 saturated carbocycles. The third-order valence-corrected chi connectivity index (χ3v) is 7.39. The van der Waals surface area contributed by atoms with E-state index < -0.39 is 52.9 Å². The van der Waals surface area contributed by atoms with E-state index >= 15 is 0 Å². The number of rotatable bonds is 0. The minimum Gasteiger partial charge on any atom is -0.453 e. The zero-order valence-corrected chi connectivity index (χ0v) is 15.7. The molecule has 0 aromatic heterocycles. The molecule has 6 nitrogen and oxygen atoms in total. The second-order valence-electron chi connectivity index (χ2n) is 8.81. The number of carbonyl (C=O) groups is 1.